The van der Waals surface area contributed by atoms with Crippen molar-refractivity contribution in [1.29, 1.82) is 0 Å². The van der Waals surface area contributed by atoms with Gasteiger partial charge in [-0.05, 0) is 55.8 Å². The van der Waals surface area contributed by atoms with Crippen LogP contribution in [0.1, 0.15) is 46.9 Å². The maximum atomic E-state index is 10.6. The fraction of sp³-hybridized carbons (Fsp3) is 0.273. The van der Waals surface area contributed by atoms with Gasteiger partial charge in [0.25, 0.3) is 0 Å². The lowest BCUT2D eigenvalue weighted by Gasteiger charge is -2.03. The maximum Gasteiger partial charge on any atom is 0.335 e. The molecule has 0 aliphatic heterocycles. The van der Waals surface area contributed by atoms with E-state index >= 15 is 0 Å². The summed E-state index contributed by atoms with van der Waals surface area (Å²) in [5, 5.41) is 19.3. The number of hydrogen-bond donors (Lipinski definition) is 6. The Labute approximate surface area is 187 Å². The highest BCUT2D eigenvalue weighted by Gasteiger charge is 2.09. The van der Waals surface area contributed by atoms with Crippen molar-refractivity contribution in [2.75, 3.05) is 11.9 Å². The van der Waals surface area contributed by atoms with Crippen LogP contribution in [0.25, 0.3) is 0 Å². The average molecular weight is 449 g/mol. The largest absolute Gasteiger partial charge is 0.480 e. The van der Waals surface area contributed by atoms with Gasteiger partial charge in [-0.1, -0.05) is 24.6 Å². The van der Waals surface area contributed by atoms with Crippen molar-refractivity contribution in [3.63, 3.8) is 0 Å². The lowest BCUT2D eigenvalue weighted by atomic mass is 10.1. The molecule has 0 fully saturated rings. The summed E-state index contributed by atoms with van der Waals surface area (Å²) in [5.41, 5.74) is 12.1. The van der Waals surface area contributed by atoms with Crippen LogP contribution in [0.3, 0.4) is 0 Å². The molecule has 10 N–H and O–H groups in total. The summed E-state index contributed by atoms with van der Waals surface area (Å²) < 4.78 is 0. The molecule has 0 saturated heterocycles. The zero-order chi connectivity index (χ0) is 23.6. The van der Waals surface area contributed by atoms with Gasteiger partial charge in [-0.3, -0.25) is 14.4 Å². The molecule has 0 bridgehead atoms. The van der Waals surface area contributed by atoms with Gasteiger partial charge in [-0.2, -0.15) is 0 Å². The highest BCUT2D eigenvalue weighted by molar-refractivity contribution is 5.89. The number of nitrogens with two attached hydrogens (primary N) is 2. The minimum absolute atomic E-state index is 0. The van der Waals surface area contributed by atoms with Crippen molar-refractivity contribution in [2.45, 2.75) is 32.2 Å². The second-order valence-electron chi connectivity index (χ2n) is 6.32. The summed E-state index contributed by atoms with van der Waals surface area (Å²) in [7, 11) is 0. The predicted molar refractivity (Wildman–Crippen MR) is 123 cm³/mol. The van der Waals surface area contributed by atoms with Gasteiger partial charge < -0.3 is 33.1 Å². The Morgan fingerprint density at radius 1 is 1.00 bits per heavy atom. The van der Waals surface area contributed by atoms with Crippen molar-refractivity contribution in [1.82, 2.24) is 6.15 Å². The van der Waals surface area contributed by atoms with Gasteiger partial charge in [0.1, 0.15) is 12.3 Å². The van der Waals surface area contributed by atoms with E-state index in [-0.39, 0.29) is 12.1 Å². The van der Waals surface area contributed by atoms with E-state index in [1.807, 2.05) is 0 Å². The molecule has 32 heavy (non-hydrogen) atoms. The first kappa shape index (κ1) is 30.6. The topological polar surface area (TPSA) is 208 Å². The molecule has 1 atom stereocenters. The normalized spacial score (nSPS) is 9.97. The number of hydrogen-bond acceptors (Lipinski definition) is 7. The molecule has 2 aromatic carbocycles. The molecule has 0 aliphatic rings. The van der Waals surface area contributed by atoms with E-state index in [1.165, 1.54) is 6.92 Å². The van der Waals surface area contributed by atoms with Gasteiger partial charge in [-0.15, -0.1) is 0 Å². The van der Waals surface area contributed by atoms with Crippen LogP contribution in [0.15, 0.2) is 54.6 Å². The Morgan fingerprint density at radius 2 is 1.56 bits per heavy atom. The molecule has 1 amide bonds. The van der Waals surface area contributed by atoms with Crippen LogP contribution >= 0.6 is 0 Å². The second-order valence-corrected chi connectivity index (χ2v) is 6.32. The van der Waals surface area contributed by atoms with E-state index in [0.717, 1.165) is 19.1 Å². The zero-order valence-electron chi connectivity index (χ0n) is 18.1. The Bertz CT molecular complexity index is 813. The number of carbonyl (C=O) groups is 4. The maximum absolute atomic E-state index is 10.6. The van der Waals surface area contributed by atoms with Crippen LogP contribution in [0.4, 0.5) is 5.69 Å². The third-order valence-corrected chi connectivity index (χ3v) is 3.67. The number of carbonyl (C=O) groups excluding carboxylic acids is 2. The van der Waals surface area contributed by atoms with Crippen molar-refractivity contribution in [2.24, 2.45) is 11.5 Å². The third-order valence-electron chi connectivity index (χ3n) is 3.67. The summed E-state index contributed by atoms with van der Waals surface area (Å²) in [6.45, 7) is 2.04. The SMILES string of the molecule is CC(=O)Nc1ccc(C=O)cc1.N.NCCCC[C@H](N)C(=O)O.O=C(O)c1ccccc1. The molecule has 0 spiro atoms. The summed E-state index contributed by atoms with van der Waals surface area (Å²) >= 11 is 0. The Morgan fingerprint density at radius 3 is 1.94 bits per heavy atom. The van der Waals surface area contributed by atoms with Gasteiger partial charge in [0.15, 0.2) is 0 Å². The van der Waals surface area contributed by atoms with E-state index < -0.39 is 18.0 Å². The van der Waals surface area contributed by atoms with Gasteiger partial charge in [0, 0.05) is 18.2 Å². The smallest absolute Gasteiger partial charge is 0.335 e. The van der Waals surface area contributed by atoms with Crippen molar-refractivity contribution in [3.05, 3.63) is 65.7 Å². The standard InChI is InChI=1S/C9H9NO2.C7H6O2.C6H14N2O2.H3N/c1-7(12)10-9-4-2-8(6-11)3-5-9;8-7(9)6-4-2-1-3-5-6;7-4-2-1-3-5(8)6(9)10;/h2-6H,1H3,(H,10,12);1-5H,(H,8,9);5H,1-4,7-8H2,(H,9,10);1H3/t;;5-;/m..0./s1. The van der Waals surface area contributed by atoms with Crippen molar-refractivity contribution >= 4 is 29.8 Å². The highest BCUT2D eigenvalue weighted by atomic mass is 16.4. The van der Waals surface area contributed by atoms with E-state index in [0.29, 0.717) is 29.8 Å². The first-order chi connectivity index (χ1) is 14.7. The molecule has 176 valence electrons. The van der Waals surface area contributed by atoms with Crippen LogP contribution in [-0.2, 0) is 9.59 Å². The lowest BCUT2D eigenvalue weighted by molar-refractivity contribution is -0.138. The zero-order valence-corrected chi connectivity index (χ0v) is 18.1. The summed E-state index contributed by atoms with van der Waals surface area (Å²) in [4.78, 5) is 41.2. The summed E-state index contributed by atoms with van der Waals surface area (Å²) in [6, 6.07) is 14.3. The number of unbranched alkanes of at least 4 members (excludes halogenated alkanes) is 1. The molecule has 0 aliphatic carbocycles. The number of amides is 1. The number of aliphatic carboxylic acids is 1. The Balaban J connectivity index is 0. The van der Waals surface area contributed by atoms with Crippen LogP contribution in [0.2, 0.25) is 0 Å². The van der Waals surface area contributed by atoms with Gasteiger partial charge in [0.05, 0.1) is 5.56 Å². The lowest BCUT2D eigenvalue weighted by Crippen LogP contribution is -2.29. The molecule has 2 rings (SSSR count). The average Bonchev–Trinajstić information content (AvgIpc) is 2.75. The van der Waals surface area contributed by atoms with Gasteiger partial charge in [0.2, 0.25) is 5.91 Å². The van der Waals surface area contributed by atoms with Crippen molar-refractivity contribution < 1.29 is 29.4 Å². The number of aromatic carboxylic acids is 1. The number of aldehydes is 1. The summed E-state index contributed by atoms with van der Waals surface area (Å²) in [5.74, 6) is -1.93. The monoisotopic (exact) mass is 448 g/mol. The fourth-order valence-corrected chi connectivity index (χ4v) is 2.06. The molecule has 10 heteroatoms. The van der Waals surface area contributed by atoms with Crippen LogP contribution in [0.5, 0.6) is 0 Å². The highest BCUT2D eigenvalue weighted by Crippen LogP contribution is 2.07. The summed E-state index contributed by atoms with van der Waals surface area (Å²) in [6.07, 6.45) is 2.93. The van der Waals surface area contributed by atoms with Gasteiger partial charge >= 0.3 is 11.9 Å². The number of anilines is 1. The van der Waals surface area contributed by atoms with Crippen LogP contribution < -0.4 is 22.9 Å². The molecule has 0 saturated carbocycles. The predicted octanol–water partition coefficient (Wildman–Crippen LogP) is 2.53. The van der Waals surface area contributed by atoms with Gasteiger partial charge in [-0.25, -0.2) is 4.79 Å². The first-order valence-electron chi connectivity index (χ1n) is 9.50. The molecular weight excluding hydrogens is 416 g/mol. The molecule has 0 heterocycles. The number of carboxylic acids is 2. The molecule has 10 nitrogen and oxygen atoms in total. The Kier molecular flexibility index (Phi) is 17.4. The van der Waals surface area contributed by atoms with E-state index in [9.17, 15) is 19.2 Å². The quantitative estimate of drug-likeness (QED) is 0.258. The first-order valence-corrected chi connectivity index (χ1v) is 9.50. The number of benzene rings is 2. The van der Waals surface area contributed by atoms with Crippen molar-refractivity contribution in [3.8, 4) is 0 Å². The minimum atomic E-state index is -0.933. The van der Waals surface area contributed by atoms with Crippen LogP contribution in [-0.4, -0.2) is 46.9 Å². The number of nitrogens with one attached hydrogen (secondary N) is 1. The third kappa shape index (κ3) is 15.3. The van der Waals surface area contributed by atoms with Crippen LogP contribution in [0, 0.1) is 0 Å². The molecular formula is C22H32N4O6. The molecule has 0 aromatic heterocycles. The fourth-order valence-electron chi connectivity index (χ4n) is 2.06. The number of rotatable bonds is 8. The second kappa shape index (κ2) is 18.2. The molecule has 2 aromatic rings. The van der Waals surface area contributed by atoms with E-state index in [2.05, 4.69) is 5.32 Å². The minimum Gasteiger partial charge on any atom is -0.480 e. The molecule has 0 radical (unpaired) electrons. The van der Waals surface area contributed by atoms with E-state index in [4.69, 9.17) is 21.7 Å². The number of carboxylic acid groups (broad SMARTS) is 2. The molecule has 0 unspecified atom stereocenters. The Hall–Kier alpha value is -3.60. The van der Waals surface area contributed by atoms with E-state index in [1.54, 1.807) is 54.6 Å².